The Balaban J connectivity index is 1.90. The van der Waals surface area contributed by atoms with E-state index >= 15 is 0 Å². The van der Waals surface area contributed by atoms with Crippen LogP contribution in [0.4, 0.5) is 5.95 Å². The number of nitrogens with zero attached hydrogens (tertiary/aromatic N) is 4. The number of aromatic nitrogens is 3. The predicted molar refractivity (Wildman–Crippen MR) is 80.6 cm³/mol. The zero-order chi connectivity index (χ0) is 13.2. The second-order valence-corrected chi connectivity index (χ2v) is 6.03. The van der Waals surface area contributed by atoms with Crippen molar-refractivity contribution in [3.8, 4) is 11.4 Å². The minimum Gasteiger partial charge on any atom is -0.340 e. The van der Waals surface area contributed by atoms with Crippen molar-refractivity contribution in [2.75, 3.05) is 23.5 Å². The summed E-state index contributed by atoms with van der Waals surface area (Å²) in [5.41, 5.74) is 1.11. The SMILES string of the molecule is CN(c1nnc(-c2ccccc2)n1C)[C@@H]1CCSC1. The molecule has 2 aromatic rings. The van der Waals surface area contributed by atoms with E-state index in [-0.39, 0.29) is 0 Å². The number of thioether (sulfide) groups is 1. The molecular formula is C14H18N4S. The third-order valence-corrected chi connectivity index (χ3v) is 4.80. The average molecular weight is 274 g/mol. The summed E-state index contributed by atoms with van der Waals surface area (Å²) in [6.07, 6.45) is 1.23. The molecule has 100 valence electrons. The van der Waals surface area contributed by atoms with E-state index < -0.39 is 0 Å². The first kappa shape index (κ1) is 12.5. The van der Waals surface area contributed by atoms with Gasteiger partial charge >= 0.3 is 0 Å². The van der Waals surface area contributed by atoms with Gasteiger partial charge in [0.1, 0.15) is 0 Å². The van der Waals surface area contributed by atoms with Crippen LogP contribution in [0.5, 0.6) is 0 Å². The van der Waals surface area contributed by atoms with Crippen LogP contribution in [0, 0.1) is 0 Å². The highest BCUT2D eigenvalue weighted by Gasteiger charge is 2.24. The average Bonchev–Trinajstić information content (AvgIpc) is 3.08. The molecule has 0 unspecified atom stereocenters. The molecule has 0 spiro atoms. The Morgan fingerprint density at radius 2 is 2.05 bits per heavy atom. The van der Waals surface area contributed by atoms with Gasteiger partial charge in [-0.05, 0) is 12.2 Å². The van der Waals surface area contributed by atoms with E-state index in [2.05, 4.69) is 38.8 Å². The molecule has 5 heteroatoms. The third kappa shape index (κ3) is 2.34. The summed E-state index contributed by atoms with van der Waals surface area (Å²) < 4.78 is 2.08. The molecule has 0 N–H and O–H groups in total. The van der Waals surface area contributed by atoms with E-state index in [1.165, 1.54) is 17.9 Å². The van der Waals surface area contributed by atoms with Gasteiger partial charge in [0.15, 0.2) is 5.82 Å². The Kier molecular flexibility index (Phi) is 3.46. The highest BCUT2D eigenvalue weighted by atomic mass is 32.2. The summed E-state index contributed by atoms with van der Waals surface area (Å²) >= 11 is 2.02. The maximum Gasteiger partial charge on any atom is 0.227 e. The third-order valence-electron chi connectivity index (χ3n) is 3.65. The van der Waals surface area contributed by atoms with Crippen LogP contribution in [-0.4, -0.2) is 39.4 Å². The molecule has 1 fully saturated rings. The Morgan fingerprint density at radius 3 is 2.74 bits per heavy atom. The molecule has 1 aromatic carbocycles. The Hall–Kier alpha value is -1.49. The van der Waals surface area contributed by atoms with E-state index in [9.17, 15) is 0 Å². The first-order valence-corrected chi connectivity index (χ1v) is 7.68. The lowest BCUT2D eigenvalue weighted by Gasteiger charge is -2.24. The molecule has 3 rings (SSSR count). The molecule has 19 heavy (non-hydrogen) atoms. The highest BCUT2D eigenvalue weighted by molar-refractivity contribution is 7.99. The van der Waals surface area contributed by atoms with E-state index in [4.69, 9.17) is 0 Å². The van der Waals surface area contributed by atoms with Crippen LogP contribution in [0.25, 0.3) is 11.4 Å². The van der Waals surface area contributed by atoms with Crippen molar-refractivity contribution in [2.24, 2.45) is 7.05 Å². The molecule has 1 atom stereocenters. The van der Waals surface area contributed by atoms with Gasteiger partial charge in [-0.15, -0.1) is 10.2 Å². The molecule has 0 bridgehead atoms. The van der Waals surface area contributed by atoms with E-state index in [0.717, 1.165) is 17.3 Å². The van der Waals surface area contributed by atoms with Crippen LogP contribution in [0.2, 0.25) is 0 Å². The Labute approximate surface area is 117 Å². The van der Waals surface area contributed by atoms with E-state index in [1.54, 1.807) is 0 Å². The van der Waals surface area contributed by atoms with Crippen molar-refractivity contribution in [1.29, 1.82) is 0 Å². The van der Waals surface area contributed by atoms with Crippen molar-refractivity contribution in [3.05, 3.63) is 30.3 Å². The number of hydrogen-bond acceptors (Lipinski definition) is 4. The molecule has 0 amide bonds. The maximum atomic E-state index is 4.37. The van der Waals surface area contributed by atoms with Crippen molar-refractivity contribution < 1.29 is 0 Å². The number of rotatable bonds is 3. The van der Waals surface area contributed by atoms with Gasteiger partial charge in [0.2, 0.25) is 5.95 Å². The predicted octanol–water partition coefficient (Wildman–Crippen LogP) is 2.42. The van der Waals surface area contributed by atoms with Crippen LogP contribution in [0.3, 0.4) is 0 Å². The highest BCUT2D eigenvalue weighted by Crippen LogP contribution is 2.26. The quantitative estimate of drug-likeness (QED) is 0.861. The molecule has 1 aliphatic rings. The summed E-state index contributed by atoms with van der Waals surface area (Å²) in [5.74, 6) is 4.31. The van der Waals surface area contributed by atoms with E-state index in [0.29, 0.717) is 6.04 Å². The van der Waals surface area contributed by atoms with Crippen molar-refractivity contribution in [3.63, 3.8) is 0 Å². The molecule has 4 nitrogen and oxygen atoms in total. The van der Waals surface area contributed by atoms with Gasteiger partial charge in [-0.25, -0.2) is 0 Å². The maximum absolute atomic E-state index is 4.37. The molecular weight excluding hydrogens is 256 g/mol. The fraction of sp³-hybridized carbons (Fsp3) is 0.429. The minimum atomic E-state index is 0.580. The van der Waals surface area contributed by atoms with Gasteiger partial charge in [-0.2, -0.15) is 11.8 Å². The van der Waals surface area contributed by atoms with Crippen LogP contribution in [0.15, 0.2) is 30.3 Å². The smallest absolute Gasteiger partial charge is 0.227 e. The normalized spacial score (nSPS) is 18.7. The largest absolute Gasteiger partial charge is 0.340 e. The van der Waals surface area contributed by atoms with Gasteiger partial charge < -0.3 is 4.90 Å². The van der Waals surface area contributed by atoms with Crippen molar-refractivity contribution in [2.45, 2.75) is 12.5 Å². The summed E-state index contributed by atoms with van der Waals surface area (Å²) in [6, 6.07) is 10.8. The zero-order valence-corrected chi connectivity index (χ0v) is 12.1. The Bertz CT molecular complexity index is 546. The monoisotopic (exact) mass is 274 g/mol. The van der Waals surface area contributed by atoms with Gasteiger partial charge in [0.25, 0.3) is 0 Å². The molecule has 0 aliphatic carbocycles. The summed E-state index contributed by atoms with van der Waals surface area (Å²) in [7, 11) is 4.16. The van der Waals surface area contributed by atoms with Crippen LogP contribution in [0.1, 0.15) is 6.42 Å². The van der Waals surface area contributed by atoms with Crippen molar-refractivity contribution >= 4 is 17.7 Å². The standard InChI is InChI=1S/C14H18N4S/c1-17(12-8-9-19-10-12)14-16-15-13(18(14)2)11-6-4-3-5-7-11/h3-7,12H,8-10H2,1-2H3/t12-/m1/s1. The lowest BCUT2D eigenvalue weighted by Crippen LogP contribution is -2.33. The Morgan fingerprint density at radius 1 is 1.26 bits per heavy atom. The van der Waals surface area contributed by atoms with Crippen LogP contribution >= 0.6 is 11.8 Å². The van der Waals surface area contributed by atoms with Crippen LogP contribution < -0.4 is 4.90 Å². The first-order chi connectivity index (χ1) is 9.27. The molecule has 2 heterocycles. The lowest BCUT2D eigenvalue weighted by atomic mass is 10.2. The van der Waals surface area contributed by atoms with Gasteiger partial charge in [0, 0.05) is 31.5 Å². The van der Waals surface area contributed by atoms with Gasteiger partial charge in [0.05, 0.1) is 0 Å². The molecule has 1 aromatic heterocycles. The second-order valence-electron chi connectivity index (χ2n) is 4.88. The van der Waals surface area contributed by atoms with Crippen LogP contribution in [-0.2, 0) is 7.05 Å². The summed E-state index contributed by atoms with van der Waals surface area (Å²) in [6.45, 7) is 0. The molecule has 0 radical (unpaired) electrons. The first-order valence-electron chi connectivity index (χ1n) is 6.53. The molecule has 1 aliphatic heterocycles. The van der Waals surface area contributed by atoms with Gasteiger partial charge in [-0.1, -0.05) is 30.3 Å². The second kappa shape index (κ2) is 5.25. The lowest BCUT2D eigenvalue weighted by molar-refractivity contribution is 0.666. The summed E-state index contributed by atoms with van der Waals surface area (Å²) in [5, 5.41) is 8.71. The fourth-order valence-corrected chi connectivity index (χ4v) is 3.73. The topological polar surface area (TPSA) is 34.0 Å². The fourth-order valence-electron chi connectivity index (χ4n) is 2.46. The summed E-state index contributed by atoms with van der Waals surface area (Å²) in [4.78, 5) is 2.26. The number of benzene rings is 1. The van der Waals surface area contributed by atoms with E-state index in [1.807, 2.05) is 37.0 Å². The zero-order valence-electron chi connectivity index (χ0n) is 11.3. The molecule has 1 saturated heterocycles. The van der Waals surface area contributed by atoms with Crippen molar-refractivity contribution in [1.82, 2.24) is 14.8 Å². The van der Waals surface area contributed by atoms with Gasteiger partial charge in [-0.3, -0.25) is 4.57 Å². The molecule has 0 saturated carbocycles. The minimum absolute atomic E-state index is 0.580. The number of hydrogen-bond donors (Lipinski definition) is 0. The number of anilines is 1.